The van der Waals surface area contributed by atoms with E-state index in [2.05, 4.69) is 16.4 Å². The summed E-state index contributed by atoms with van der Waals surface area (Å²) in [6.07, 6.45) is 3.15. The van der Waals surface area contributed by atoms with Crippen LogP contribution < -0.4 is 34.7 Å². The maximum Gasteiger partial charge on any atom is 1.00 e. The topological polar surface area (TPSA) is 46.6 Å². The Kier molecular flexibility index (Phi) is 4.91. The molecular weight excluding hydrogens is 263 g/mol. The molecule has 2 heterocycles. The third kappa shape index (κ3) is 2.93. The number of rotatable bonds is 4. The first-order valence-electron chi connectivity index (χ1n) is 6.60. The summed E-state index contributed by atoms with van der Waals surface area (Å²) in [6, 6.07) is 8.20. The molecule has 100 valence electrons. The maximum absolute atomic E-state index is 10.7. The van der Waals surface area contributed by atoms with Gasteiger partial charge in [0.2, 0.25) is 0 Å². The van der Waals surface area contributed by atoms with Crippen molar-refractivity contribution in [3.8, 4) is 0 Å². The van der Waals surface area contributed by atoms with Crippen molar-refractivity contribution in [1.29, 1.82) is 0 Å². The van der Waals surface area contributed by atoms with Crippen LogP contribution in [-0.4, -0.2) is 40.9 Å². The molecule has 2 aliphatic rings. The quantitative estimate of drug-likeness (QED) is 0.570. The Bertz CT molecular complexity index is 503. The average Bonchev–Trinajstić information content (AvgIpc) is 2.98. The van der Waals surface area contributed by atoms with Crippen molar-refractivity contribution in [1.82, 2.24) is 9.80 Å². The number of likely N-dealkylation sites (tertiary alicyclic amines) is 2. The molecule has 2 bridgehead atoms. The van der Waals surface area contributed by atoms with E-state index in [1.54, 1.807) is 12.1 Å². The Labute approximate surface area is 141 Å². The van der Waals surface area contributed by atoms with Gasteiger partial charge in [0.25, 0.3) is 0 Å². The van der Waals surface area contributed by atoms with Crippen molar-refractivity contribution in [3.63, 3.8) is 0 Å². The molecule has 2 fully saturated rings. The van der Waals surface area contributed by atoms with E-state index in [9.17, 15) is 9.90 Å². The van der Waals surface area contributed by atoms with Crippen molar-refractivity contribution in [2.75, 3.05) is 13.1 Å². The Morgan fingerprint density at radius 1 is 1.30 bits per heavy atom. The van der Waals surface area contributed by atoms with Crippen molar-refractivity contribution in [3.05, 3.63) is 48.2 Å². The van der Waals surface area contributed by atoms with Crippen LogP contribution in [0.4, 0.5) is 0 Å². The summed E-state index contributed by atoms with van der Waals surface area (Å²) in [5.74, 6) is -1.12. The molecule has 5 heteroatoms. The summed E-state index contributed by atoms with van der Waals surface area (Å²) in [7, 11) is 0. The van der Waals surface area contributed by atoms with Gasteiger partial charge in [-0.2, -0.15) is 0 Å². The number of fused-ring (bicyclic) bond motifs is 2. The Morgan fingerprint density at radius 3 is 2.50 bits per heavy atom. The molecule has 3 rings (SSSR count). The predicted molar refractivity (Wildman–Crippen MR) is 70.3 cm³/mol. The fourth-order valence-electron chi connectivity index (χ4n) is 3.18. The van der Waals surface area contributed by atoms with Gasteiger partial charge in [-0.15, -0.1) is 0 Å². The molecule has 2 atom stereocenters. The largest absolute Gasteiger partial charge is 1.00 e. The minimum atomic E-state index is -1.12. The molecule has 4 nitrogen and oxygen atoms in total. The monoisotopic (exact) mass is 280 g/mol. The second-order valence-corrected chi connectivity index (χ2v) is 5.34. The fraction of sp³-hybridized carbons (Fsp3) is 0.400. The molecule has 0 aromatic heterocycles. The number of benzene rings is 1. The molecule has 20 heavy (non-hydrogen) atoms. The molecular formula is C15H17N2NaO2. The van der Waals surface area contributed by atoms with Crippen molar-refractivity contribution in [2.24, 2.45) is 0 Å². The number of carboxylic acids is 1. The van der Waals surface area contributed by atoms with Crippen LogP contribution >= 0.6 is 0 Å². The SMILES string of the molecule is C=CN1C[C@@H]2C[C@H]1CN2Cc1ccc(C(=O)[O-])cc1.[Na+]. The van der Waals surface area contributed by atoms with E-state index in [4.69, 9.17) is 0 Å². The molecule has 0 N–H and O–H groups in total. The maximum atomic E-state index is 10.7. The van der Waals surface area contributed by atoms with Gasteiger partial charge in [-0.25, -0.2) is 0 Å². The van der Waals surface area contributed by atoms with E-state index in [1.165, 1.54) is 6.42 Å². The first-order valence-corrected chi connectivity index (χ1v) is 6.60. The van der Waals surface area contributed by atoms with Gasteiger partial charge in [0.1, 0.15) is 0 Å². The van der Waals surface area contributed by atoms with Crippen LogP contribution in [0.5, 0.6) is 0 Å². The number of nitrogens with zero attached hydrogens (tertiary/aromatic N) is 2. The number of hydrogen-bond donors (Lipinski definition) is 0. The van der Waals surface area contributed by atoms with Gasteiger partial charge in [-0.3, -0.25) is 4.90 Å². The Morgan fingerprint density at radius 2 is 2.00 bits per heavy atom. The Balaban J connectivity index is 0.00000147. The van der Waals surface area contributed by atoms with E-state index < -0.39 is 5.97 Å². The molecule has 2 saturated heterocycles. The normalized spacial score (nSPS) is 24.5. The molecule has 0 saturated carbocycles. The van der Waals surface area contributed by atoms with E-state index in [1.807, 2.05) is 18.3 Å². The van der Waals surface area contributed by atoms with Crippen molar-refractivity contribution < 1.29 is 39.5 Å². The molecule has 0 spiro atoms. The fourth-order valence-corrected chi connectivity index (χ4v) is 3.18. The molecule has 1 aromatic carbocycles. The summed E-state index contributed by atoms with van der Waals surface area (Å²) in [5.41, 5.74) is 1.40. The third-order valence-electron chi connectivity index (χ3n) is 4.21. The van der Waals surface area contributed by atoms with Gasteiger partial charge in [-0.1, -0.05) is 30.8 Å². The minimum Gasteiger partial charge on any atom is -0.545 e. The summed E-state index contributed by atoms with van der Waals surface area (Å²) >= 11 is 0. The molecule has 0 aliphatic carbocycles. The van der Waals surface area contributed by atoms with E-state index in [0.717, 1.165) is 25.2 Å². The van der Waals surface area contributed by atoms with Crippen LogP contribution in [0.1, 0.15) is 22.3 Å². The molecule has 0 unspecified atom stereocenters. The molecule has 0 radical (unpaired) electrons. The van der Waals surface area contributed by atoms with E-state index in [-0.39, 0.29) is 35.1 Å². The minimum absolute atomic E-state index is 0. The van der Waals surface area contributed by atoms with Gasteiger partial charge < -0.3 is 14.8 Å². The van der Waals surface area contributed by atoms with Crippen LogP contribution in [-0.2, 0) is 6.54 Å². The van der Waals surface area contributed by atoms with Crippen molar-refractivity contribution >= 4 is 5.97 Å². The summed E-state index contributed by atoms with van der Waals surface area (Å²) in [4.78, 5) is 15.5. The second kappa shape index (κ2) is 6.31. The van der Waals surface area contributed by atoms with Gasteiger partial charge in [0, 0.05) is 31.7 Å². The number of aromatic carboxylic acids is 1. The summed E-state index contributed by atoms with van der Waals surface area (Å²) in [5, 5.41) is 10.7. The summed E-state index contributed by atoms with van der Waals surface area (Å²) in [6.45, 7) is 6.86. The Hall–Kier alpha value is -0.810. The van der Waals surface area contributed by atoms with Crippen LogP contribution in [0.25, 0.3) is 0 Å². The standard InChI is InChI=1S/C15H18N2O2.Na/c1-2-16-9-14-7-13(16)10-17(14)8-11-3-5-12(6-4-11)15(18)19;/h2-6,13-14H,1,7-10H2,(H,18,19);/q;+1/p-1/t13-,14-;/m0./s1. The van der Waals surface area contributed by atoms with E-state index >= 15 is 0 Å². The molecule has 0 amide bonds. The van der Waals surface area contributed by atoms with Crippen LogP contribution in [0.15, 0.2) is 37.0 Å². The number of piperazine rings is 1. The second-order valence-electron chi connectivity index (χ2n) is 5.34. The average molecular weight is 280 g/mol. The zero-order valence-electron chi connectivity index (χ0n) is 11.8. The number of hydrogen-bond acceptors (Lipinski definition) is 4. The number of carboxylic acid groups (broad SMARTS) is 1. The van der Waals surface area contributed by atoms with Gasteiger partial charge >= 0.3 is 29.6 Å². The third-order valence-corrected chi connectivity index (χ3v) is 4.21. The van der Waals surface area contributed by atoms with Crippen LogP contribution in [0.2, 0.25) is 0 Å². The first kappa shape index (κ1) is 15.6. The number of carbonyl (C=O) groups excluding carboxylic acids is 1. The van der Waals surface area contributed by atoms with Crippen molar-refractivity contribution in [2.45, 2.75) is 25.0 Å². The molecule has 1 aromatic rings. The van der Waals surface area contributed by atoms with Crippen LogP contribution in [0, 0.1) is 0 Å². The first-order chi connectivity index (χ1) is 9.17. The number of carbonyl (C=O) groups is 1. The predicted octanol–water partition coefficient (Wildman–Crippen LogP) is -2.54. The van der Waals surface area contributed by atoms with Gasteiger partial charge in [0.15, 0.2) is 0 Å². The zero-order valence-corrected chi connectivity index (χ0v) is 13.8. The van der Waals surface area contributed by atoms with Gasteiger partial charge in [0.05, 0.1) is 5.97 Å². The smallest absolute Gasteiger partial charge is 0.545 e. The zero-order chi connectivity index (χ0) is 13.4. The van der Waals surface area contributed by atoms with Gasteiger partial charge in [-0.05, 0) is 23.7 Å². The van der Waals surface area contributed by atoms with E-state index in [0.29, 0.717) is 12.1 Å². The summed E-state index contributed by atoms with van der Waals surface area (Å²) < 4.78 is 0. The molecule has 2 aliphatic heterocycles. The van der Waals surface area contributed by atoms with Crippen LogP contribution in [0.3, 0.4) is 0 Å².